The van der Waals surface area contributed by atoms with Crippen LogP contribution in [0.1, 0.15) is 22.8 Å². The molecular formula is C20H19N5O4. The molecule has 0 saturated heterocycles. The van der Waals surface area contributed by atoms with E-state index in [1.54, 1.807) is 31.2 Å². The number of aromatic nitrogens is 2. The summed E-state index contributed by atoms with van der Waals surface area (Å²) >= 11 is 0. The Morgan fingerprint density at radius 3 is 2.41 bits per heavy atom. The van der Waals surface area contributed by atoms with E-state index in [9.17, 15) is 14.9 Å². The Morgan fingerprint density at radius 2 is 1.76 bits per heavy atom. The Morgan fingerprint density at radius 1 is 1.07 bits per heavy atom. The summed E-state index contributed by atoms with van der Waals surface area (Å²) in [6.07, 6.45) is 1.25. The van der Waals surface area contributed by atoms with E-state index in [0.29, 0.717) is 17.8 Å². The molecule has 0 aliphatic carbocycles. The van der Waals surface area contributed by atoms with Crippen molar-refractivity contribution in [1.82, 2.24) is 9.97 Å². The van der Waals surface area contributed by atoms with E-state index in [1.165, 1.54) is 6.33 Å². The molecule has 0 atom stereocenters. The molecule has 0 fully saturated rings. The lowest BCUT2D eigenvalue weighted by molar-refractivity contribution is -0.383. The molecule has 1 aromatic heterocycles. The van der Waals surface area contributed by atoms with E-state index in [0.717, 1.165) is 5.56 Å². The van der Waals surface area contributed by atoms with E-state index in [1.807, 2.05) is 30.3 Å². The molecule has 29 heavy (non-hydrogen) atoms. The summed E-state index contributed by atoms with van der Waals surface area (Å²) in [5.41, 5.74) is 1.62. The monoisotopic (exact) mass is 393 g/mol. The van der Waals surface area contributed by atoms with E-state index in [-0.39, 0.29) is 23.9 Å². The first-order chi connectivity index (χ1) is 14.1. The third-order valence-corrected chi connectivity index (χ3v) is 3.97. The van der Waals surface area contributed by atoms with Gasteiger partial charge >= 0.3 is 11.7 Å². The summed E-state index contributed by atoms with van der Waals surface area (Å²) in [4.78, 5) is 30.8. The van der Waals surface area contributed by atoms with Crippen LogP contribution in [-0.4, -0.2) is 27.5 Å². The van der Waals surface area contributed by atoms with Gasteiger partial charge in [0.25, 0.3) is 0 Å². The number of carbonyl (C=O) groups is 1. The minimum absolute atomic E-state index is 0.0458. The van der Waals surface area contributed by atoms with Crippen LogP contribution in [0.25, 0.3) is 0 Å². The fourth-order valence-corrected chi connectivity index (χ4v) is 2.59. The van der Waals surface area contributed by atoms with Gasteiger partial charge in [-0.3, -0.25) is 10.1 Å². The molecule has 3 aromatic rings. The van der Waals surface area contributed by atoms with Crippen molar-refractivity contribution >= 4 is 29.0 Å². The highest BCUT2D eigenvalue weighted by molar-refractivity contribution is 5.90. The van der Waals surface area contributed by atoms with Crippen LogP contribution in [0.2, 0.25) is 0 Å². The standard InChI is InChI=1S/C20H19N5O4/c1-2-29-20(26)15-8-10-16(11-9-15)24-19-17(25(27)28)18(22-13-23-19)21-12-14-6-4-3-5-7-14/h3-11,13H,2,12H2,1H3,(H2,21,22,23,24). The Kier molecular flexibility index (Phi) is 6.31. The second-order valence-electron chi connectivity index (χ2n) is 5.94. The van der Waals surface area contributed by atoms with Gasteiger partial charge in [0.15, 0.2) is 0 Å². The molecule has 9 heteroatoms. The number of carbonyl (C=O) groups excluding carboxylic acids is 1. The first kappa shape index (κ1) is 19.7. The Labute approximate surface area is 166 Å². The van der Waals surface area contributed by atoms with E-state index >= 15 is 0 Å². The van der Waals surface area contributed by atoms with Crippen molar-refractivity contribution in [3.05, 3.63) is 82.2 Å². The van der Waals surface area contributed by atoms with Crippen LogP contribution in [-0.2, 0) is 11.3 Å². The van der Waals surface area contributed by atoms with Crippen molar-refractivity contribution in [3.63, 3.8) is 0 Å². The van der Waals surface area contributed by atoms with Crippen molar-refractivity contribution in [2.24, 2.45) is 0 Å². The topological polar surface area (TPSA) is 119 Å². The lowest BCUT2D eigenvalue weighted by Gasteiger charge is -2.10. The van der Waals surface area contributed by atoms with Gasteiger partial charge < -0.3 is 15.4 Å². The number of hydrogen-bond donors (Lipinski definition) is 2. The Hall–Kier alpha value is -4.01. The van der Waals surface area contributed by atoms with Gasteiger partial charge in [-0.2, -0.15) is 0 Å². The van der Waals surface area contributed by atoms with Gasteiger partial charge in [0.05, 0.1) is 17.1 Å². The first-order valence-corrected chi connectivity index (χ1v) is 8.90. The maximum Gasteiger partial charge on any atom is 0.353 e. The van der Waals surface area contributed by atoms with Gasteiger partial charge in [-0.15, -0.1) is 0 Å². The maximum atomic E-state index is 11.7. The number of rotatable bonds is 8. The molecular weight excluding hydrogens is 374 g/mol. The SMILES string of the molecule is CCOC(=O)c1ccc(Nc2ncnc(NCc3ccccc3)c2[N+](=O)[O-])cc1. The van der Waals surface area contributed by atoms with Crippen molar-refractivity contribution in [2.75, 3.05) is 17.2 Å². The summed E-state index contributed by atoms with van der Waals surface area (Å²) in [5.74, 6) is -0.275. The second kappa shape index (κ2) is 9.27. The third-order valence-electron chi connectivity index (χ3n) is 3.97. The molecule has 1 heterocycles. The predicted octanol–water partition coefficient (Wildman–Crippen LogP) is 3.92. The zero-order chi connectivity index (χ0) is 20.6. The van der Waals surface area contributed by atoms with Gasteiger partial charge in [0.1, 0.15) is 6.33 Å². The minimum Gasteiger partial charge on any atom is -0.462 e. The third kappa shape index (κ3) is 5.04. The number of nitro groups is 1. The van der Waals surface area contributed by atoms with E-state index < -0.39 is 10.9 Å². The van der Waals surface area contributed by atoms with Crippen LogP contribution in [0.4, 0.5) is 23.0 Å². The quantitative estimate of drug-likeness (QED) is 0.336. The van der Waals surface area contributed by atoms with Crippen LogP contribution < -0.4 is 10.6 Å². The van der Waals surface area contributed by atoms with Crippen LogP contribution in [0.5, 0.6) is 0 Å². The van der Waals surface area contributed by atoms with Gasteiger partial charge in [0.2, 0.25) is 11.6 Å². The summed E-state index contributed by atoms with van der Waals surface area (Å²) in [7, 11) is 0. The summed E-state index contributed by atoms with van der Waals surface area (Å²) in [6.45, 7) is 2.39. The fraction of sp³-hybridized carbons (Fsp3) is 0.150. The molecule has 3 rings (SSSR count). The Balaban J connectivity index is 1.80. The number of ether oxygens (including phenoxy) is 1. The van der Waals surface area contributed by atoms with Gasteiger partial charge in [0, 0.05) is 12.2 Å². The normalized spacial score (nSPS) is 10.2. The van der Waals surface area contributed by atoms with Crippen LogP contribution >= 0.6 is 0 Å². The van der Waals surface area contributed by atoms with Crippen molar-refractivity contribution < 1.29 is 14.5 Å². The number of anilines is 3. The number of nitrogens with zero attached hydrogens (tertiary/aromatic N) is 3. The highest BCUT2D eigenvalue weighted by Crippen LogP contribution is 2.31. The number of hydrogen-bond acceptors (Lipinski definition) is 8. The number of esters is 1. The van der Waals surface area contributed by atoms with Crippen LogP contribution in [0.15, 0.2) is 60.9 Å². The smallest absolute Gasteiger partial charge is 0.353 e. The molecule has 0 unspecified atom stereocenters. The van der Waals surface area contributed by atoms with Crippen molar-refractivity contribution in [1.29, 1.82) is 0 Å². The largest absolute Gasteiger partial charge is 0.462 e. The molecule has 0 radical (unpaired) electrons. The van der Waals surface area contributed by atoms with Crippen LogP contribution in [0, 0.1) is 10.1 Å². The minimum atomic E-state index is -0.539. The molecule has 0 aliphatic rings. The molecule has 2 N–H and O–H groups in total. The molecule has 0 saturated carbocycles. The Bertz CT molecular complexity index is 994. The van der Waals surface area contributed by atoms with Gasteiger partial charge in [-0.25, -0.2) is 14.8 Å². The molecule has 0 bridgehead atoms. The molecule has 9 nitrogen and oxygen atoms in total. The van der Waals surface area contributed by atoms with Crippen LogP contribution in [0.3, 0.4) is 0 Å². The maximum absolute atomic E-state index is 11.7. The molecule has 0 aliphatic heterocycles. The van der Waals surface area contributed by atoms with Crippen molar-refractivity contribution in [3.8, 4) is 0 Å². The molecule has 148 valence electrons. The zero-order valence-corrected chi connectivity index (χ0v) is 15.7. The van der Waals surface area contributed by atoms with E-state index in [2.05, 4.69) is 20.6 Å². The first-order valence-electron chi connectivity index (χ1n) is 8.90. The second-order valence-corrected chi connectivity index (χ2v) is 5.94. The zero-order valence-electron chi connectivity index (χ0n) is 15.7. The number of benzene rings is 2. The fourth-order valence-electron chi connectivity index (χ4n) is 2.59. The number of nitrogens with one attached hydrogen (secondary N) is 2. The molecule has 0 amide bonds. The molecule has 2 aromatic carbocycles. The summed E-state index contributed by atoms with van der Waals surface area (Å²) < 4.78 is 4.94. The average molecular weight is 393 g/mol. The molecule has 0 spiro atoms. The van der Waals surface area contributed by atoms with Gasteiger partial charge in [-0.05, 0) is 36.8 Å². The lowest BCUT2D eigenvalue weighted by Crippen LogP contribution is -2.08. The summed E-state index contributed by atoms with van der Waals surface area (Å²) in [6, 6.07) is 15.9. The summed E-state index contributed by atoms with van der Waals surface area (Å²) in [5, 5.41) is 17.5. The van der Waals surface area contributed by atoms with E-state index in [4.69, 9.17) is 4.74 Å². The predicted molar refractivity (Wildman–Crippen MR) is 108 cm³/mol. The highest BCUT2D eigenvalue weighted by Gasteiger charge is 2.23. The average Bonchev–Trinajstić information content (AvgIpc) is 2.73. The van der Waals surface area contributed by atoms with Gasteiger partial charge in [-0.1, -0.05) is 30.3 Å². The lowest BCUT2D eigenvalue weighted by atomic mass is 10.2. The van der Waals surface area contributed by atoms with Crippen molar-refractivity contribution in [2.45, 2.75) is 13.5 Å². The highest BCUT2D eigenvalue weighted by atomic mass is 16.6.